The fourth-order valence-corrected chi connectivity index (χ4v) is 2.59. The lowest BCUT2D eigenvalue weighted by Crippen LogP contribution is -2.35. The van der Waals surface area contributed by atoms with Gasteiger partial charge in [-0.05, 0) is 31.9 Å². The van der Waals surface area contributed by atoms with E-state index in [4.69, 9.17) is 4.74 Å². The number of hydrogen-bond acceptors (Lipinski definition) is 6. The van der Waals surface area contributed by atoms with Crippen LogP contribution in [0.2, 0.25) is 0 Å². The third-order valence-corrected chi connectivity index (χ3v) is 4.04. The van der Waals surface area contributed by atoms with Crippen LogP contribution in [0.1, 0.15) is 25.3 Å². The van der Waals surface area contributed by atoms with Gasteiger partial charge in [0.25, 0.3) is 11.6 Å². The number of nitro benzene ring substituents is 1. The minimum Gasteiger partial charge on any atom is -0.454 e. The number of halogens is 3. The van der Waals surface area contributed by atoms with E-state index in [2.05, 4.69) is 5.32 Å². The number of carbonyl (C=O) groups excluding carboxylic acids is 2. The second-order valence-corrected chi connectivity index (χ2v) is 6.05. The highest BCUT2D eigenvalue weighted by atomic mass is 19.4. The normalized spacial score (nSPS) is 15.3. The third kappa shape index (κ3) is 5.31. The number of esters is 1. The number of nitrogens with one attached hydrogen (secondary N) is 1. The van der Waals surface area contributed by atoms with Crippen molar-refractivity contribution in [3.8, 4) is 0 Å². The smallest absolute Gasteiger partial charge is 0.416 e. The quantitative estimate of drug-likeness (QED) is 0.456. The summed E-state index contributed by atoms with van der Waals surface area (Å²) in [5.41, 5.74) is -2.26. The predicted molar refractivity (Wildman–Crippen MR) is 88.0 cm³/mol. The summed E-state index contributed by atoms with van der Waals surface area (Å²) < 4.78 is 43.0. The number of nitro groups is 1. The van der Waals surface area contributed by atoms with Gasteiger partial charge in [0, 0.05) is 19.2 Å². The Morgan fingerprint density at radius 2 is 1.96 bits per heavy atom. The van der Waals surface area contributed by atoms with E-state index in [0.29, 0.717) is 25.2 Å². The van der Waals surface area contributed by atoms with E-state index in [-0.39, 0.29) is 11.6 Å². The molecule has 1 aliphatic rings. The molecule has 0 aliphatic carbocycles. The van der Waals surface area contributed by atoms with Crippen molar-refractivity contribution in [3.05, 3.63) is 33.9 Å². The van der Waals surface area contributed by atoms with Crippen LogP contribution >= 0.6 is 0 Å². The molecule has 1 atom stereocenters. The molecule has 1 fully saturated rings. The molecule has 1 aromatic rings. The molecule has 1 amide bonds. The number of alkyl halides is 3. The lowest BCUT2D eigenvalue weighted by Gasteiger charge is -2.18. The van der Waals surface area contributed by atoms with Gasteiger partial charge in [-0.3, -0.25) is 14.9 Å². The second kappa shape index (κ2) is 8.23. The van der Waals surface area contributed by atoms with Crippen LogP contribution in [0.15, 0.2) is 18.2 Å². The summed E-state index contributed by atoms with van der Waals surface area (Å²) in [4.78, 5) is 35.4. The van der Waals surface area contributed by atoms with Gasteiger partial charge in [0.15, 0.2) is 6.61 Å². The minimum absolute atomic E-state index is 0.261. The molecule has 1 aromatic carbocycles. The molecular formula is C16H18F3N3O5. The standard InChI is InChI=1S/C16H18F3N3O5/c1-10(15(24)27-9-14(23)21-6-2-3-7-21)20-12-5-4-11(16(17,18)19)8-13(12)22(25)26/h4-5,8,10,20H,2-3,6-7,9H2,1H3/t10-/m0/s1. The predicted octanol–water partition coefficient (Wildman–Crippen LogP) is 2.58. The fourth-order valence-electron chi connectivity index (χ4n) is 2.59. The molecule has 1 aliphatic heterocycles. The molecule has 8 nitrogen and oxygen atoms in total. The first-order valence-corrected chi connectivity index (χ1v) is 8.16. The van der Waals surface area contributed by atoms with Gasteiger partial charge in [0.1, 0.15) is 11.7 Å². The topological polar surface area (TPSA) is 102 Å². The van der Waals surface area contributed by atoms with Gasteiger partial charge in [-0.2, -0.15) is 13.2 Å². The number of carbonyl (C=O) groups is 2. The molecule has 0 radical (unpaired) electrons. The largest absolute Gasteiger partial charge is 0.454 e. The van der Waals surface area contributed by atoms with Crippen molar-refractivity contribution in [1.29, 1.82) is 0 Å². The number of ether oxygens (including phenoxy) is 1. The summed E-state index contributed by atoms with van der Waals surface area (Å²) in [6.45, 7) is 2.06. The van der Waals surface area contributed by atoms with Crippen LogP contribution in [0.25, 0.3) is 0 Å². The van der Waals surface area contributed by atoms with Crippen molar-refractivity contribution >= 4 is 23.3 Å². The van der Waals surface area contributed by atoms with E-state index in [9.17, 15) is 32.9 Å². The van der Waals surface area contributed by atoms with Gasteiger partial charge in [0.2, 0.25) is 0 Å². The number of likely N-dealkylation sites (tertiary alicyclic amines) is 1. The molecule has 1 heterocycles. The van der Waals surface area contributed by atoms with Crippen molar-refractivity contribution in [2.24, 2.45) is 0 Å². The Balaban J connectivity index is 2.01. The van der Waals surface area contributed by atoms with Crippen LogP contribution in [-0.2, 0) is 20.5 Å². The summed E-state index contributed by atoms with van der Waals surface area (Å²) in [7, 11) is 0. The average Bonchev–Trinajstić information content (AvgIpc) is 3.13. The van der Waals surface area contributed by atoms with Crippen LogP contribution in [0.3, 0.4) is 0 Å². The molecule has 1 saturated heterocycles. The molecule has 0 aromatic heterocycles. The van der Waals surface area contributed by atoms with Gasteiger partial charge in [0.05, 0.1) is 10.5 Å². The molecule has 0 unspecified atom stereocenters. The summed E-state index contributed by atoms with van der Waals surface area (Å²) in [5.74, 6) is -1.19. The maximum atomic E-state index is 12.7. The van der Waals surface area contributed by atoms with Gasteiger partial charge >= 0.3 is 12.1 Å². The van der Waals surface area contributed by atoms with E-state index in [1.54, 1.807) is 4.90 Å². The molecule has 0 bridgehead atoms. The summed E-state index contributed by atoms with van der Waals surface area (Å²) >= 11 is 0. The van der Waals surface area contributed by atoms with Crippen LogP contribution in [0, 0.1) is 10.1 Å². The second-order valence-electron chi connectivity index (χ2n) is 6.05. The zero-order valence-corrected chi connectivity index (χ0v) is 14.4. The Morgan fingerprint density at radius 1 is 1.33 bits per heavy atom. The van der Waals surface area contributed by atoms with Gasteiger partial charge in [-0.25, -0.2) is 4.79 Å². The summed E-state index contributed by atoms with van der Waals surface area (Å²) in [6.07, 6.45) is -2.96. The van der Waals surface area contributed by atoms with Gasteiger partial charge in [-0.1, -0.05) is 0 Å². The summed E-state index contributed by atoms with van der Waals surface area (Å²) in [5, 5.41) is 13.5. The molecule has 1 N–H and O–H groups in total. The van der Waals surface area contributed by atoms with E-state index in [1.165, 1.54) is 6.92 Å². The molecule has 27 heavy (non-hydrogen) atoms. The first-order chi connectivity index (χ1) is 12.6. The van der Waals surface area contributed by atoms with E-state index >= 15 is 0 Å². The first-order valence-electron chi connectivity index (χ1n) is 8.16. The van der Waals surface area contributed by atoms with Crippen LogP contribution < -0.4 is 5.32 Å². The highest BCUT2D eigenvalue weighted by Crippen LogP contribution is 2.35. The minimum atomic E-state index is -4.73. The zero-order valence-electron chi connectivity index (χ0n) is 14.4. The zero-order chi connectivity index (χ0) is 20.2. The van der Waals surface area contributed by atoms with Crippen molar-refractivity contribution in [3.63, 3.8) is 0 Å². The van der Waals surface area contributed by atoms with E-state index < -0.39 is 41.0 Å². The highest BCUT2D eigenvalue weighted by Gasteiger charge is 2.33. The Labute approximate surface area is 152 Å². The van der Waals surface area contributed by atoms with Crippen molar-refractivity contribution in [2.45, 2.75) is 32.0 Å². The Morgan fingerprint density at radius 3 is 2.52 bits per heavy atom. The van der Waals surface area contributed by atoms with Crippen LogP contribution in [0.4, 0.5) is 24.5 Å². The molecular weight excluding hydrogens is 371 g/mol. The first kappa shape index (κ1) is 20.5. The Kier molecular flexibility index (Phi) is 6.24. The lowest BCUT2D eigenvalue weighted by atomic mass is 10.1. The molecule has 148 valence electrons. The molecule has 11 heteroatoms. The average molecular weight is 389 g/mol. The van der Waals surface area contributed by atoms with E-state index in [1.807, 2.05) is 0 Å². The number of anilines is 1. The number of rotatable bonds is 6. The fraction of sp³-hybridized carbons (Fsp3) is 0.500. The summed E-state index contributed by atoms with van der Waals surface area (Å²) in [6, 6.07) is 0.827. The van der Waals surface area contributed by atoms with Crippen LogP contribution in [-0.4, -0.2) is 47.4 Å². The number of nitrogens with zero attached hydrogens (tertiary/aromatic N) is 2. The molecule has 0 spiro atoms. The third-order valence-electron chi connectivity index (χ3n) is 4.04. The lowest BCUT2D eigenvalue weighted by molar-refractivity contribution is -0.384. The van der Waals surface area contributed by atoms with Crippen molar-refractivity contribution in [1.82, 2.24) is 4.90 Å². The maximum Gasteiger partial charge on any atom is 0.416 e. The SMILES string of the molecule is C[C@H](Nc1ccc(C(F)(F)F)cc1[N+](=O)[O-])C(=O)OCC(=O)N1CCCC1. The van der Waals surface area contributed by atoms with Crippen molar-refractivity contribution in [2.75, 3.05) is 25.0 Å². The number of amides is 1. The molecule has 2 rings (SSSR count). The Bertz CT molecular complexity index is 733. The monoisotopic (exact) mass is 389 g/mol. The number of benzene rings is 1. The Hall–Kier alpha value is -2.85. The van der Waals surface area contributed by atoms with Crippen molar-refractivity contribution < 1.29 is 32.4 Å². The maximum absolute atomic E-state index is 12.7. The molecule has 0 saturated carbocycles. The number of hydrogen-bond donors (Lipinski definition) is 1. The van der Waals surface area contributed by atoms with E-state index in [0.717, 1.165) is 18.9 Å². The highest BCUT2D eigenvalue weighted by molar-refractivity contribution is 5.84. The van der Waals surface area contributed by atoms with Gasteiger partial charge in [-0.15, -0.1) is 0 Å². The van der Waals surface area contributed by atoms with Crippen LogP contribution in [0.5, 0.6) is 0 Å². The van der Waals surface area contributed by atoms with Gasteiger partial charge < -0.3 is 15.0 Å².